The number of benzene rings is 3. The summed E-state index contributed by atoms with van der Waals surface area (Å²) in [6.07, 6.45) is -0.379. The van der Waals surface area contributed by atoms with Crippen molar-refractivity contribution in [2.24, 2.45) is 0 Å². The fourth-order valence-corrected chi connectivity index (χ4v) is 6.13. The number of para-hydroxylation sites is 1. The molecule has 0 saturated carbocycles. The van der Waals surface area contributed by atoms with E-state index in [9.17, 15) is 18.4 Å². The van der Waals surface area contributed by atoms with Crippen LogP contribution >= 0.6 is 11.6 Å². The van der Waals surface area contributed by atoms with Crippen LogP contribution in [-0.2, 0) is 21.4 Å². The summed E-state index contributed by atoms with van der Waals surface area (Å²) >= 11 is 6.38. The average Bonchev–Trinajstić information content (AvgIpc) is 3.54. The smallest absolute Gasteiger partial charge is 0.354 e. The lowest BCUT2D eigenvalue weighted by Gasteiger charge is -2.33. The minimum absolute atomic E-state index is 0.00728. The van der Waals surface area contributed by atoms with Crippen molar-refractivity contribution in [1.29, 1.82) is 0 Å². The van der Waals surface area contributed by atoms with Crippen LogP contribution in [0.3, 0.4) is 0 Å². The van der Waals surface area contributed by atoms with E-state index in [0.717, 1.165) is 22.7 Å². The van der Waals surface area contributed by atoms with E-state index in [1.807, 2.05) is 24.3 Å². The van der Waals surface area contributed by atoms with Gasteiger partial charge in [-0.1, -0.05) is 41.9 Å². The molecule has 2 aliphatic rings. The van der Waals surface area contributed by atoms with Crippen LogP contribution in [0.1, 0.15) is 33.6 Å². The van der Waals surface area contributed by atoms with Gasteiger partial charge in [-0.25, -0.2) is 13.6 Å². The molecule has 2 atom stereocenters. The maximum Gasteiger partial charge on any atom is 0.354 e. The molecule has 0 aliphatic carbocycles. The van der Waals surface area contributed by atoms with Gasteiger partial charge in [-0.2, -0.15) is 0 Å². The fraction of sp³-hybridized carbons (Fsp3) is 0.214. The Balaban J connectivity index is 1.52. The molecule has 2 N–H and O–H groups in total. The van der Waals surface area contributed by atoms with Crippen LogP contribution in [0, 0.1) is 11.6 Å². The zero-order chi connectivity index (χ0) is 25.9. The van der Waals surface area contributed by atoms with Crippen LogP contribution in [0.5, 0.6) is 0 Å². The van der Waals surface area contributed by atoms with E-state index in [2.05, 4.69) is 10.3 Å². The zero-order valence-electron chi connectivity index (χ0n) is 19.8. The molecule has 1 aromatic heterocycles. The summed E-state index contributed by atoms with van der Waals surface area (Å²) in [5, 5.41) is 4.73. The number of esters is 1. The van der Waals surface area contributed by atoms with Crippen molar-refractivity contribution in [1.82, 2.24) is 9.88 Å². The number of ether oxygens (including phenoxy) is 1. The van der Waals surface area contributed by atoms with E-state index >= 15 is 0 Å². The molecule has 4 aromatic rings. The molecular weight excluding hydrogens is 500 g/mol. The summed E-state index contributed by atoms with van der Waals surface area (Å²) in [7, 11) is 1.32. The second kappa shape index (κ2) is 8.59. The van der Waals surface area contributed by atoms with Gasteiger partial charge < -0.3 is 19.9 Å². The van der Waals surface area contributed by atoms with Crippen molar-refractivity contribution < 1.29 is 23.1 Å². The third kappa shape index (κ3) is 3.43. The van der Waals surface area contributed by atoms with Crippen LogP contribution in [0.2, 0.25) is 5.02 Å². The topological polar surface area (TPSA) is 74.4 Å². The summed E-state index contributed by atoms with van der Waals surface area (Å²) in [6, 6.07) is 16.9. The van der Waals surface area contributed by atoms with Crippen LogP contribution in [0.4, 0.5) is 14.5 Å². The second-order valence-corrected chi connectivity index (χ2v) is 9.78. The predicted molar refractivity (Wildman–Crippen MR) is 136 cm³/mol. The number of aromatic nitrogens is 1. The highest BCUT2D eigenvalue weighted by Gasteiger charge is 2.58. The normalized spacial score (nSPS) is 20.0. The number of likely N-dealkylation sites (tertiary alicyclic amines) is 1. The number of aromatic amines is 1. The molecule has 1 amide bonds. The van der Waals surface area contributed by atoms with Crippen LogP contribution in [0.25, 0.3) is 10.9 Å². The molecule has 9 heteroatoms. The Morgan fingerprint density at radius 1 is 1.14 bits per heavy atom. The van der Waals surface area contributed by atoms with Crippen molar-refractivity contribution >= 4 is 40.1 Å². The van der Waals surface area contributed by atoms with E-state index in [-0.39, 0.29) is 23.6 Å². The number of halogens is 3. The number of methoxy groups -OCH3 is 1. The molecule has 1 fully saturated rings. The summed E-state index contributed by atoms with van der Waals surface area (Å²) in [6.45, 7) is 0.343. The molecule has 0 spiro atoms. The third-order valence-electron chi connectivity index (χ3n) is 7.52. The Bertz CT molecular complexity index is 1590. The summed E-state index contributed by atoms with van der Waals surface area (Å²) < 4.78 is 33.3. The Morgan fingerprint density at radius 3 is 2.76 bits per heavy atom. The first-order valence-electron chi connectivity index (χ1n) is 11.8. The monoisotopic (exact) mass is 521 g/mol. The van der Waals surface area contributed by atoms with Gasteiger partial charge in [0.1, 0.15) is 11.9 Å². The number of hydrogen-bond acceptors (Lipinski definition) is 4. The molecule has 188 valence electrons. The second-order valence-electron chi connectivity index (χ2n) is 9.35. The number of nitrogens with zero attached hydrogens (tertiary/aromatic N) is 1. The highest BCUT2D eigenvalue weighted by Crippen LogP contribution is 2.55. The van der Waals surface area contributed by atoms with E-state index in [1.54, 1.807) is 23.1 Å². The Morgan fingerprint density at radius 2 is 1.95 bits per heavy atom. The minimum atomic E-state index is -1.02. The number of H-pyrrole nitrogens is 1. The number of carbonyl (C=O) groups is 2. The minimum Gasteiger partial charge on any atom is -0.464 e. The predicted octanol–water partition coefficient (Wildman–Crippen LogP) is 5.40. The molecule has 3 heterocycles. The maximum atomic E-state index is 14.4. The van der Waals surface area contributed by atoms with Crippen molar-refractivity contribution in [2.75, 3.05) is 19.0 Å². The Labute approximate surface area is 216 Å². The standard InChI is InChI=1S/C28H22ClF2N3O3/c1-37-26(36)25-23(17-14-16(29)9-10-20(17)32-25)28-11-12-34(27(28)33-21-8-3-2-6-18(21)28)22(35)13-15-5-4-7-19(30)24(15)31/h2-10,14,27,32-33H,11-13H2,1H3. The molecule has 6 nitrogen and oxygen atoms in total. The first-order chi connectivity index (χ1) is 17.8. The molecule has 0 radical (unpaired) electrons. The third-order valence-corrected chi connectivity index (χ3v) is 7.75. The Hall–Kier alpha value is -3.91. The summed E-state index contributed by atoms with van der Waals surface area (Å²) in [5.41, 5.74) is 2.61. The zero-order valence-corrected chi connectivity index (χ0v) is 20.5. The van der Waals surface area contributed by atoms with E-state index < -0.39 is 29.2 Å². The number of carbonyl (C=O) groups excluding carboxylic acids is 2. The van der Waals surface area contributed by atoms with Crippen molar-refractivity contribution in [3.63, 3.8) is 0 Å². The van der Waals surface area contributed by atoms with Gasteiger partial charge in [0, 0.05) is 39.3 Å². The molecule has 2 unspecified atom stereocenters. The first kappa shape index (κ1) is 23.5. The number of amides is 1. The van der Waals surface area contributed by atoms with Gasteiger partial charge in [0.15, 0.2) is 11.6 Å². The average molecular weight is 522 g/mol. The van der Waals surface area contributed by atoms with Gasteiger partial charge in [-0.15, -0.1) is 0 Å². The van der Waals surface area contributed by atoms with Crippen LogP contribution < -0.4 is 5.32 Å². The van der Waals surface area contributed by atoms with Crippen LogP contribution in [-0.4, -0.2) is 41.6 Å². The molecule has 0 bridgehead atoms. The van der Waals surface area contributed by atoms with Crippen molar-refractivity contribution in [3.8, 4) is 0 Å². The molecular formula is C28H22ClF2N3O3. The lowest BCUT2D eigenvalue weighted by Crippen LogP contribution is -2.47. The highest BCUT2D eigenvalue weighted by atomic mass is 35.5. The molecule has 3 aromatic carbocycles. The highest BCUT2D eigenvalue weighted by molar-refractivity contribution is 6.31. The van der Waals surface area contributed by atoms with E-state index in [1.165, 1.54) is 19.2 Å². The lowest BCUT2D eigenvalue weighted by atomic mass is 9.72. The quantitative estimate of drug-likeness (QED) is 0.353. The van der Waals surface area contributed by atoms with Gasteiger partial charge in [-0.3, -0.25) is 4.79 Å². The van der Waals surface area contributed by atoms with Gasteiger partial charge in [0.2, 0.25) is 5.91 Å². The molecule has 6 rings (SSSR count). The number of nitrogens with one attached hydrogen (secondary N) is 2. The number of anilines is 1. The molecule has 37 heavy (non-hydrogen) atoms. The Kier molecular flexibility index (Phi) is 5.45. The number of rotatable bonds is 4. The van der Waals surface area contributed by atoms with Crippen molar-refractivity contribution in [3.05, 3.63) is 99.7 Å². The number of fused-ring (bicyclic) bond motifs is 4. The van der Waals surface area contributed by atoms with Gasteiger partial charge in [-0.05, 0) is 42.3 Å². The van der Waals surface area contributed by atoms with E-state index in [0.29, 0.717) is 29.1 Å². The molecule has 2 aliphatic heterocycles. The number of hydrogen-bond donors (Lipinski definition) is 2. The summed E-state index contributed by atoms with van der Waals surface area (Å²) in [4.78, 5) is 31.4. The maximum absolute atomic E-state index is 14.4. The lowest BCUT2D eigenvalue weighted by molar-refractivity contribution is -0.131. The van der Waals surface area contributed by atoms with Gasteiger partial charge in [0.25, 0.3) is 0 Å². The van der Waals surface area contributed by atoms with Crippen LogP contribution in [0.15, 0.2) is 60.7 Å². The van der Waals surface area contributed by atoms with Gasteiger partial charge >= 0.3 is 5.97 Å². The fourth-order valence-electron chi connectivity index (χ4n) is 5.95. The molecule has 1 saturated heterocycles. The largest absolute Gasteiger partial charge is 0.464 e. The summed E-state index contributed by atoms with van der Waals surface area (Å²) in [5.74, 6) is -2.91. The SMILES string of the molecule is COC(=O)c1[nH]c2ccc(Cl)cc2c1C12CCN(C(=O)Cc3cccc(F)c3F)C1Nc1ccccc12. The van der Waals surface area contributed by atoms with E-state index in [4.69, 9.17) is 16.3 Å². The van der Waals surface area contributed by atoms with Crippen molar-refractivity contribution in [2.45, 2.75) is 24.4 Å². The van der Waals surface area contributed by atoms with Gasteiger partial charge in [0.05, 0.1) is 18.9 Å². The first-order valence-corrected chi connectivity index (χ1v) is 12.2.